The van der Waals surface area contributed by atoms with Crippen LogP contribution < -0.4 is 5.56 Å². The molecule has 0 saturated heterocycles. The van der Waals surface area contributed by atoms with Crippen molar-refractivity contribution < 1.29 is 19.8 Å². The third-order valence-electron chi connectivity index (χ3n) is 3.75. The van der Waals surface area contributed by atoms with Crippen LogP contribution in [-0.4, -0.2) is 31.7 Å². The Kier molecular flexibility index (Phi) is 4.37. The Morgan fingerprint density at radius 1 is 1.28 bits per heavy atom. The number of nitrogens with zero attached hydrogens (tertiary/aromatic N) is 2. The van der Waals surface area contributed by atoms with Crippen molar-refractivity contribution in [2.75, 3.05) is 0 Å². The number of hydrogen-bond donors (Lipinski definition) is 2. The highest BCUT2D eigenvalue weighted by molar-refractivity contribution is 7.17. The Labute approximate surface area is 145 Å². The third-order valence-corrected chi connectivity index (χ3v) is 4.62. The van der Waals surface area contributed by atoms with Crippen LogP contribution in [0, 0.1) is 6.92 Å². The highest BCUT2D eigenvalue weighted by atomic mass is 32.1. The summed E-state index contributed by atoms with van der Waals surface area (Å²) < 4.78 is 1.24. The Hall–Kier alpha value is -3.00. The fraction of sp³-hybridized carbons (Fsp3) is 0.176. The van der Waals surface area contributed by atoms with E-state index in [-0.39, 0.29) is 23.9 Å². The fourth-order valence-electron chi connectivity index (χ4n) is 2.60. The lowest BCUT2D eigenvalue weighted by Gasteiger charge is -2.12. The maximum absolute atomic E-state index is 12.9. The molecule has 0 unspecified atom stereocenters. The summed E-state index contributed by atoms with van der Waals surface area (Å²) in [5, 5.41) is 19.6. The fourth-order valence-corrected chi connectivity index (χ4v) is 3.50. The van der Waals surface area contributed by atoms with Crippen LogP contribution in [0.3, 0.4) is 0 Å². The van der Waals surface area contributed by atoms with Crippen molar-refractivity contribution in [1.29, 1.82) is 0 Å². The summed E-state index contributed by atoms with van der Waals surface area (Å²) in [6, 6.07) is 7.34. The molecule has 0 bridgehead atoms. The zero-order valence-electron chi connectivity index (χ0n) is 13.2. The van der Waals surface area contributed by atoms with Gasteiger partial charge in [0, 0.05) is 17.5 Å². The number of aliphatic carboxylic acids is 1. The Bertz CT molecular complexity index is 1050. The summed E-state index contributed by atoms with van der Waals surface area (Å²) in [7, 11) is 0. The Balaban J connectivity index is 2.31. The summed E-state index contributed by atoms with van der Waals surface area (Å²) in [6.45, 7) is 1.81. The Morgan fingerprint density at radius 2 is 2.04 bits per heavy atom. The van der Waals surface area contributed by atoms with E-state index in [4.69, 9.17) is 5.11 Å². The van der Waals surface area contributed by atoms with E-state index in [2.05, 4.69) is 4.98 Å². The van der Waals surface area contributed by atoms with Crippen LogP contribution in [0.5, 0.6) is 0 Å². The molecular weight excluding hydrogens is 344 g/mol. The van der Waals surface area contributed by atoms with Gasteiger partial charge in [-0.05, 0) is 13.0 Å². The van der Waals surface area contributed by atoms with E-state index < -0.39 is 17.5 Å². The number of aromatic carboxylic acids is 1. The zero-order valence-corrected chi connectivity index (χ0v) is 14.0. The monoisotopic (exact) mass is 358 g/mol. The molecule has 0 spiro atoms. The van der Waals surface area contributed by atoms with Gasteiger partial charge in [0.05, 0.1) is 17.4 Å². The van der Waals surface area contributed by atoms with Gasteiger partial charge in [-0.15, -0.1) is 11.3 Å². The van der Waals surface area contributed by atoms with Crippen LogP contribution in [0.15, 0.2) is 34.4 Å². The van der Waals surface area contributed by atoms with Crippen LogP contribution in [0.4, 0.5) is 0 Å². The molecule has 8 heteroatoms. The van der Waals surface area contributed by atoms with Crippen LogP contribution in [0.25, 0.3) is 21.6 Å². The van der Waals surface area contributed by atoms with Crippen LogP contribution in [0.1, 0.15) is 22.3 Å². The molecule has 0 aliphatic rings. The van der Waals surface area contributed by atoms with Crippen molar-refractivity contribution in [3.05, 3.63) is 51.1 Å². The molecule has 2 heterocycles. The molecule has 0 saturated carbocycles. The standard InChI is InChI=1S/C17H14N2O5S/c1-9-3-2-4-10(7-9)14-18-15-13(11(8-25-15)17(23)24)16(22)19(14)6-5-12(20)21/h2-4,7-8H,5-6H2,1H3,(H,20,21)(H,23,24). The number of carboxylic acids is 2. The first-order valence-corrected chi connectivity index (χ1v) is 8.30. The summed E-state index contributed by atoms with van der Waals surface area (Å²) in [5.74, 6) is -1.93. The number of hydrogen-bond acceptors (Lipinski definition) is 5. The minimum Gasteiger partial charge on any atom is -0.481 e. The van der Waals surface area contributed by atoms with Crippen molar-refractivity contribution in [2.24, 2.45) is 0 Å². The predicted molar refractivity (Wildman–Crippen MR) is 93.3 cm³/mol. The lowest BCUT2D eigenvalue weighted by atomic mass is 10.1. The van der Waals surface area contributed by atoms with E-state index in [0.717, 1.165) is 16.9 Å². The van der Waals surface area contributed by atoms with Crippen LogP contribution in [0.2, 0.25) is 0 Å². The summed E-state index contributed by atoms with van der Waals surface area (Å²) in [4.78, 5) is 39.9. The second-order valence-corrected chi connectivity index (χ2v) is 6.40. The van der Waals surface area contributed by atoms with Crippen molar-refractivity contribution in [1.82, 2.24) is 9.55 Å². The summed E-state index contributed by atoms with van der Waals surface area (Å²) in [6.07, 6.45) is -0.265. The highest BCUT2D eigenvalue weighted by Gasteiger charge is 2.20. The van der Waals surface area contributed by atoms with Crippen molar-refractivity contribution in [2.45, 2.75) is 19.9 Å². The molecule has 1 aromatic carbocycles. The Morgan fingerprint density at radius 3 is 2.68 bits per heavy atom. The SMILES string of the molecule is Cc1cccc(-c2nc3scc(C(=O)O)c3c(=O)n2CCC(=O)O)c1. The number of benzene rings is 1. The number of thiophene rings is 1. The molecule has 0 atom stereocenters. The van der Waals surface area contributed by atoms with Gasteiger partial charge in [-0.3, -0.25) is 14.2 Å². The minimum absolute atomic E-state index is 0.0132. The van der Waals surface area contributed by atoms with E-state index in [1.807, 2.05) is 25.1 Å². The largest absolute Gasteiger partial charge is 0.481 e. The first-order valence-electron chi connectivity index (χ1n) is 7.42. The van der Waals surface area contributed by atoms with Crippen molar-refractivity contribution >= 4 is 33.5 Å². The maximum Gasteiger partial charge on any atom is 0.337 e. The molecule has 0 aliphatic heterocycles. The summed E-state index contributed by atoms with van der Waals surface area (Å²) >= 11 is 1.08. The van der Waals surface area contributed by atoms with E-state index in [0.29, 0.717) is 16.2 Å². The second kappa shape index (κ2) is 6.48. The molecule has 128 valence electrons. The lowest BCUT2D eigenvalue weighted by molar-refractivity contribution is -0.137. The average molecular weight is 358 g/mol. The van der Waals surface area contributed by atoms with Gasteiger partial charge in [0.25, 0.3) is 5.56 Å². The second-order valence-electron chi connectivity index (χ2n) is 5.54. The minimum atomic E-state index is -1.21. The average Bonchev–Trinajstić information content (AvgIpc) is 2.98. The molecule has 3 aromatic rings. The third kappa shape index (κ3) is 3.16. The summed E-state index contributed by atoms with van der Waals surface area (Å²) in [5.41, 5.74) is 0.988. The van der Waals surface area contributed by atoms with Gasteiger partial charge >= 0.3 is 11.9 Å². The number of aryl methyl sites for hydroxylation is 1. The number of aromatic nitrogens is 2. The highest BCUT2D eigenvalue weighted by Crippen LogP contribution is 2.26. The first-order chi connectivity index (χ1) is 11.9. The number of fused-ring (bicyclic) bond motifs is 1. The van der Waals surface area contributed by atoms with Gasteiger partial charge in [0.1, 0.15) is 10.7 Å². The molecule has 3 rings (SSSR count). The van der Waals surface area contributed by atoms with Gasteiger partial charge in [0.15, 0.2) is 0 Å². The van der Waals surface area contributed by atoms with Crippen molar-refractivity contribution in [3.8, 4) is 11.4 Å². The molecule has 0 radical (unpaired) electrons. The number of carbonyl (C=O) groups is 2. The molecule has 0 amide bonds. The topological polar surface area (TPSA) is 109 Å². The molecule has 2 N–H and O–H groups in total. The van der Waals surface area contributed by atoms with Gasteiger partial charge in [0.2, 0.25) is 0 Å². The zero-order chi connectivity index (χ0) is 18.1. The van der Waals surface area contributed by atoms with Gasteiger partial charge in [-0.2, -0.15) is 0 Å². The molecule has 25 heavy (non-hydrogen) atoms. The van der Waals surface area contributed by atoms with Crippen LogP contribution in [-0.2, 0) is 11.3 Å². The molecule has 2 aromatic heterocycles. The van der Waals surface area contributed by atoms with Crippen LogP contribution >= 0.6 is 11.3 Å². The quantitative estimate of drug-likeness (QED) is 0.725. The van der Waals surface area contributed by atoms with Crippen molar-refractivity contribution in [3.63, 3.8) is 0 Å². The van der Waals surface area contributed by atoms with Gasteiger partial charge in [-0.1, -0.05) is 23.8 Å². The van der Waals surface area contributed by atoms with E-state index in [9.17, 15) is 19.5 Å². The molecule has 0 fully saturated rings. The molecule has 0 aliphatic carbocycles. The van der Waals surface area contributed by atoms with Gasteiger partial charge < -0.3 is 10.2 Å². The van der Waals surface area contributed by atoms with E-state index in [1.54, 1.807) is 6.07 Å². The first kappa shape index (κ1) is 16.8. The lowest BCUT2D eigenvalue weighted by Crippen LogP contribution is -2.25. The van der Waals surface area contributed by atoms with E-state index in [1.165, 1.54) is 9.95 Å². The smallest absolute Gasteiger partial charge is 0.337 e. The molecule has 7 nitrogen and oxygen atoms in total. The normalized spacial score (nSPS) is 10.9. The van der Waals surface area contributed by atoms with E-state index >= 15 is 0 Å². The number of rotatable bonds is 5. The predicted octanol–water partition coefficient (Wildman–Crippen LogP) is 2.61. The molecular formula is C17H14N2O5S. The maximum atomic E-state index is 12.9. The van der Waals surface area contributed by atoms with Gasteiger partial charge in [-0.25, -0.2) is 9.78 Å². The number of carboxylic acid groups (broad SMARTS) is 2.